The minimum atomic E-state index is -0.609. The Morgan fingerprint density at radius 2 is 1.82 bits per heavy atom. The van der Waals surface area contributed by atoms with Crippen molar-refractivity contribution in [1.29, 1.82) is 0 Å². The molecular formula is C21H32FN3O3. The molecule has 1 N–H and O–H groups in total. The summed E-state index contributed by atoms with van der Waals surface area (Å²) in [5.74, 6) is -0.334. The van der Waals surface area contributed by atoms with Crippen molar-refractivity contribution < 1.29 is 18.7 Å². The number of nitrogens with zero attached hydrogens (tertiary/aromatic N) is 2. The fourth-order valence-electron chi connectivity index (χ4n) is 3.26. The van der Waals surface area contributed by atoms with Crippen molar-refractivity contribution in [3.8, 4) is 0 Å². The van der Waals surface area contributed by atoms with E-state index < -0.39 is 17.7 Å². The number of alkyl carbamates (subject to hydrolysis) is 1. The number of halogens is 1. The number of anilines is 1. The quantitative estimate of drug-likeness (QED) is 0.831. The van der Waals surface area contributed by atoms with Gasteiger partial charge in [-0.25, -0.2) is 9.18 Å². The van der Waals surface area contributed by atoms with E-state index in [-0.39, 0.29) is 11.7 Å². The van der Waals surface area contributed by atoms with E-state index in [0.29, 0.717) is 26.1 Å². The summed E-state index contributed by atoms with van der Waals surface area (Å²) < 4.78 is 18.5. The van der Waals surface area contributed by atoms with Gasteiger partial charge in [0.15, 0.2) is 0 Å². The van der Waals surface area contributed by atoms with Gasteiger partial charge in [0.25, 0.3) is 0 Å². The first-order valence-corrected chi connectivity index (χ1v) is 9.98. The normalized spacial score (nSPS) is 16.3. The van der Waals surface area contributed by atoms with Crippen molar-refractivity contribution in [2.24, 2.45) is 0 Å². The van der Waals surface area contributed by atoms with Crippen LogP contribution in [0.25, 0.3) is 0 Å². The van der Waals surface area contributed by atoms with Gasteiger partial charge in [-0.15, -0.1) is 0 Å². The number of carbonyl (C=O) groups excluding carboxylic acids is 2. The molecule has 7 heteroatoms. The topological polar surface area (TPSA) is 61.9 Å². The molecule has 6 nitrogen and oxygen atoms in total. The Morgan fingerprint density at radius 3 is 2.43 bits per heavy atom. The SMILES string of the molecule is CCCC(NC(=O)OC(C)(C)C)C(=O)N1CCCN(c2ccc(F)cc2)CC1. The minimum absolute atomic E-state index is 0.0753. The molecular weight excluding hydrogens is 361 g/mol. The summed E-state index contributed by atoms with van der Waals surface area (Å²) in [6.45, 7) is 10.0. The number of hydrogen-bond donors (Lipinski definition) is 1. The Kier molecular flexibility index (Phi) is 7.66. The summed E-state index contributed by atoms with van der Waals surface area (Å²) in [5, 5.41) is 2.73. The summed E-state index contributed by atoms with van der Waals surface area (Å²) in [7, 11) is 0. The first kappa shape index (κ1) is 22.0. The van der Waals surface area contributed by atoms with Crippen molar-refractivity contribution in [3.05, 3.63) is 30.1 Å². The Hall–Kier alpha value is -2.31. The lowest BCUT2D eigenvalue weighted by Crippen LogP contribution is -2.50. The molecule has 2 amide bonds. The van der Waals surface area contributed by atoms with Gasteiger partial charge in [-0.05, 0) is 57.9 Å². The van der Waals surface area contributed by atoms with Gasteiger partial charge in [-0.2, -0.15) is 0 Å². The standard InChI is InChI=1S/C21H32FN3O3/c1-5-7-18(23-20(27)28-21(2,3)4)19(26)25-13-6-12-24(14-15-25)17-10-8-16(22)9-11-17/h8-11,18H,5-7,12-15H2,1-4H3,(H,23,27). The predicted molar refractivity (Wildman–Crippen MR) is 108 cm³/mol. The summed E-state index contributed by atoms with van der Waals surface area (Å²) in [5.41, 5.74) is 0.343. The molecule has 0 aromatic heterocycles. The molecule has 1 aromatic carbocycles. The minimum Gasteiger partial charge on any atom is -0.444 e. The molecule has 0 aliphatic carbocycles. The average Bonchev–Trinajstić information content (AvgIpc) is 2.86. The second-order valence-electron chi connectivity index (χ2n) is 8.13. The maximum absolute atomic E-state index is 13.2. The lowest BCUT2D eigenvalue weighted by atomic mass is 10.1. The predicted octanol–water partition coefficient (Wildman–Crippen LogP) is 3.56. The molecule has 28 heavy (non-hydrogen) atoms. The Morgan fingerprint density at radius 1 is 1.14 bits per heavy atom. The van der Waals surface area contributed by atoms with Gasteiger partial charge >= 0.3 is 6.09 Å². The molecule has 0 spiro atoms. The van der Waals surface area contributed by atoms with Crippen LogP contribution in [0.5, 0.6) is 0 Å². The summed E-state index contributed by atoms with van der Waals surface area (Å²) >= 11 is 0. The number of nitrogens with one attached hydrogen (secondary N) is 1. The highest BCUT2D eigenvalue weighted by atomic mass is 19.1. The van der Waals surface area contributed by atoms with Crippen LogP contribution in [-0.2, 0) is 9.53 Å². The van der Waals surface area contributed by atoms with E-state index in [1.54, 1.807) is 37.8 Å². The highest BCUT2D eigenvalue weighted by molar-refractivity contribution is 5.85. The van der Waals surface area contributed by atoms with Gasteiger partial charge in [0, 0.05) is 31.9 Å². The molecule has 1 unspecified atom stereocenters. The third-order valence-corrected chi connectivity index (χ3v) is 4.57. The van der Waals surface area contributed by atoms with Crippen LogP contribution in [0.1, 0.15) is 47.0 Å². The van der Waals surface area contributed by atoms with E-state index in [0.717, 1.165) is 25.1 Å². The van der Waals surface area contributed by atoms with Crippen molar-refractivity contribution >= 4 is 17.7 Å². The first-order chi connectivity index (χ1) is 13.2. The van der Waals surface area contributed by atoms with Crippen molar-refractivity contribution in [2.75, 3.05) is 31.1 Å². The van der Waals surface area contributed by atoms with Crippen molar-refractivity contribution in [3.63, 3.8) is 0 Å². The fraction of sp³-hybridized carbons (Fsp3) is 0.619. The molecule has 1 fully saturated rings. The second-order valence-corrected chi connectivity index (χ2v) is 8.13. The molecule has 156 valence electrons. The molecule has 2 rings (SSSR count). The van der Waals surface area contributed by atoms with Crippen LogP contribution in [0, 0.1) is 5.82 Å². The molecule has 0 saturated carbocycles. The number of ether oxygens (including phenoxy) is 1. The first-order valence-electron chi connectivity index (χ1n) is 9.98. The largest absolute Gasteiger partial charge is 0.444 e. The lowest BCUT2D eigenvalue weighted by Gasteiger charge is -2.28. The van der Waals surface area contributed by atoms with Crippen LogP contribution in [0.3, 0.4) is 0 Å². The zero-order valence-electron chi connectivity index (χ0n) is 17.3. The smallest absolute Gasteiger partial charge is 0.408 e. The van der Waals surface area contributed by atoms with Crippen molar-refractivity contribution in [1.82, 2.24) is 10.2 Å². The van der Waals surface area contributed by atoms with E-state index in [9.17, 15) is 14.0 Å². The molecule has 1 aliphatic heterocycles. The lowest BCUT2D eigenvalue weighted by molar-refractivity contribution is -0.133. The Bertz CT molecular complexity index is 658. The fourth-order valence-corrected chi connectivity index (χ4v) is 3.26. The summed E-state index contributed by atoms with van der Waals surface area (Å²) in [4.78, 5) is 29.1. The van der Waals surface area contributed by atoms with Gasteiger partial charge in [0.2, 0.25) is 5.91 Å². The van der Waals surface area contributed by atoms with E-state index in [1.807, 2.05) is 6.92 Å². The maximum Gasteiger partial charge on any atom is 0.408 e. The molecule has 0 bridgehead atoms. The van der Waals surface area contributed by atoms with Crippen LogP contribution in [0.4, 0.5) is 14.9 Å². The van der Waals surface area contributed by atoms with Crippen LogP contribution in [-0.4, -0.2) is 54.7 Å². The van der Waals surface area contributed by atoms with Crippen molar-refractivity contribution in [2.45, 2.75) is 58.6 Å². The van der Waals surface area contributed by atoms with Gasteiger partial charge < -0.3 is 19.9 Å². The zero-order valence-corrected chi connectivity index (χ0v) is 17.3. The summed E-state index contributed by atoms with van der Waals surface area (Å²) in [6, 6.07) is 5.83. The monoisotopic (exact) mass is 393 g/mol. The van der Waals surface area contributed by atoms with Gasteiger partial charge in [0.05, 0.1) is 0 Å². The van der Waals surface area contributed by atoms with Gasteiger partial charge in [0.1, 0.15) is 17.5 Å². The second kappa shape index (κ2) is 9.75. The van der Waals surface area contributed by atoms with Crippen LogP contribution >= 0.6 is 0 Å². The third-order valence-electron chi connectivity index (χ3n) is 4.57. The van der Waals surface area contributed by atoms with Crippen LogP contribution in [0.15, 0.2) is 24.3 Å². The maximum atomic E-state index is 13.2. The number of rotatable bonds is 5. The third kappa shape index (κ3) is 6.69. The zero-order chi connectivity index (χ0) is 20.7. The van der Waals surface area contributed by atoms with Gasteiger partial charge in [-0.1, -0.05) is 13.3 Å². The van der Waals surface area contributed by atoms with Crippen LogP contribution in [0.2, 0.25) is 0 Å². The highest BCUT2D eigenvalue weighted by Crippen LogP contribution is 2.18. The number of amides is 2. The molecule has 1 aromatic rings. The van der Waals surface area contributed by atoms with Gasteiger partial charge in [-0.3, -0.25) is 4.79 Å². The molecule has 1 saturated heterocycles. The highest BCUT2D eigenvalue weighted by Gasteiger charge is 2.28. The average molecular weight is 394 g/mol. The molecule has 1 atom stereocenters. The van der Waals surface area contributed by atoms with E-state index in [2.05, 4.69) is 10.2 Å². The Labute approximate surface area is 167 Å². The molecule has 1 aliphatic rings. The summed E-state index contributed by atoms with van der Waals surface area (Å²) in [6.07, 6.45) is 1.59. The van der Waals surface area contributed by atoms with E-state index in [1.165, 1.54) is 12.1 Å². The van der Waals surface area contributed by atoms with E-state index >= 15 is 0 Å². The molecule has 0 radical (unpaired) electrons. The van der Waals surface area contributed by atoms with Crippen LogP contribution < -0.4 is 10.2 Å². The number of benzene rings is 1. The Balaban J connectivity index is 1.98. The van der Waals surface area contributed by atoms with E-state index in [4.69, 9.17) is 4.74 Å². The number of hydrogen-bond acceptors (Lipinski definition) is 4. The molecule has 1 heterocycles. The number of carbonyl (C=O) groups is 2.